The van der Waals surface area contributed by atoms with Gasteiger partial charge in [-0.15, -0.1) is 34.0 Å². The first-order chi connectivity index (χ1) is 14.3. The number of hydrogen-bond donors (Lipinski definition) is 0. The number of fused-ring (bicyclic) bond motifs is 2. The van der Waals surface area contributed by atoms with E-state index in [1.54, 1.807) is 11.3 Å². The van der Waals surface area contributed by atoms with Gasteiger partial charge in [0.1, 0.15) is 0 Å². The molecule has 0 saturated carbocycles. The quantitative estimate of drug-likeness (QED) is 0.266. The van der Waals surface area contributed by atoms with Gasteiger partial charge in [-0.1, -0.05) is 48.5 Å². The van der Waals surface area contributed by atoms with Crippen LogP contribution in [0.1, 0.15) is 0 Å². The van der Waals surface area contributed by atoms with Crippen molar-refractivity contribution in [3.05, 3.63) is 95.7 Å². The number of benzene rings is 3. The Bertz CT molecular complexity index is 1420. The highest BCUT2D eigenvalue weighted by Gasteiger charge is 2.09. The molecule has 3 aromatic heterocycles. The van der Waals surface area contributed by atoms with Crippen LogP contribution in [0.2, 0.25) is 0 Å². The fourth-order valence-electron chi connectivity index (χ4n) is 3.74. The van der Waals surface area contributed by atoms with Gasteiger partial charge in [-0.05, 0) is 80.0 Å². The number of rotatable bonds is 3. The molecule has 0 fully saturated rings. The van der Waals surface area contributed by atoms with Crippen molar-refractivity contribution >= 4 is 54.9 Å². The van der Waals surface area contributed by atoms with Gasteiger partial charge in [0.2, 0.25) is 0 Å². The van der Waals surface area contributed by atoms with Crippen molar-refractivity contribution in [2.75, 3.05) is 0 Å². The van der Waals surface area contributed by atoms with Crippen molar-refractivity contribution in [1.29, 1.82) is 0 Å². The molecule has 0 aliphatic rings. The second-order valence-corrected chi connectivity index (χ2v) is 10.0. The van der Waals surface area contributed by atoms with Crippen LogP contribution in [0.15, 0.2) is 95.7 Å². The third-order valence-electron chi connectivity index (χ3n) is 5.25. The van der Waals surface area contributed by atoms with Crippen LogP contribution in [0.4, 0.5) is 0 Å². The summed E-state index contributed by atoms with van der Waals surface area (Å²) in [5.74, 6) is 0. The van der Waals surface area contributed by atoms with Crippen LogP contribution < -0.4 is 0 Å². The van der Waals surface area contributed by atoms with E-state index in [-0.39, 0.29) is 0 Å². The van der Waals surface area contributed by atoms with Crippen LogP contribution in [0.5, 0.6) is 0 Å². The van der Waals surface area contributed by atoms with E-state index in [0.717, 1.165) is 0 Å². The first kappa shape index (κ1) is 17.2. The largest absolute Gasteiger partial charge is 0.144 e. The number of thiophene rings is 3. The molecule has 0 spiro atoms. The van der Waals surface area contributed by atoms with E-state index in [2.05, 4.69) is 95.7 Å². The maximum absolute atomic E-state index is 2.33. The van der Waals surface area contributed by atoms with E-state index >= 15 is 0 Å². The van der Waals surface area contributed by atoms with E-state index in [9.17, 15) is 0 Å². The Morgan fingerprint density at radius 1 is 0.483 bits per heavy atom. The molecule has 0 N–H and O–H groups in total. The molecule has 138 valence electrons. The highest BCUT2D eigenvalue weighted by atomic mass is 32.1. The molecule has 3 heterocycles. The van der Waals surface area contributed by atoms with Crippen LogP contribution in [0, 0.1) is 0 Å². The zero-order valence-electron chi connectivity index (χ0n) is 15.5. The molecule has 3 aromatic carbocycles. The number of hydrogen-bond acceptors (Lipinski definition) is 3. The van der Waals surface area contributed by atoms with Crippen molar-refractivity contribution in [3.63, 3.8) is 0 Å². The minimum absolute atomic E-state index is 1.28. The summed E-state index contributed by atoms with van der Waals surface area (Å²) in [5, 5.41) is 8.33. The molecule has 0 amide bonds. The summed E-state index contributed by atoms with van der Waals surface area (Å²) in [7, 11) is 0. The van der Waals surface area contributed by atoms with Gasteiger partial charge >= 0.3 is 0 Å². The molecule has 0 atom stereocenters. The normalized spacial score (nSPS) is 11.4. The zero-order valence-corrected chi connectivity index (χ0v) is 17.9. The van der Waals surface area contributed by atoms with Gasteiger partial charge < -0.3 is 0 Å². The van der Waals surface area contributed by atoms with E-state index in [1.165, 1.54) is 52.2 Å². The Morgan fingerprint density at radius 2 is 1.34 bits per heavy atom. The van der Waals surface area contributed by atoms with Gasteiger partial charge in [-0.2, -0.15) is 0 Å². The van der Waals surface area contributed by atoms with Gasteiger partial charge in [-0.3, -0.25) is 0 Å². The fraction of sp³-hybridized carbons (Fsp3) is 0. The summed E-state index contributed by atoms with van der Waals surface area (Å²) >= 11 is 5.50. The molecular formula is C26H16S3. The maximum Gasteiger partial charge on any atom is 0.0455 e. The van der Waals surface area contributed by atoms with E-state index in [1.807, 2.05) is 22.7 Å². The molecule has 0 aliphatic heterocycles. The highest BCUT2D eigenvalue weighted by Crippen LogP contribution is 2.39. The average Bonchev–Trinajstić information content (AvgIpc) is 3.53. The van der Waals surface area contributed by atoms with Crippen LogP contribution in [0.3, 0.4) is 0 Å². The lowest BCUT2D eigenvalue weighted by atomic mass is 10.0. The molecule has 0 aliphatic carbocycles. The van der Waals surface area contributed by atoms with Crippen molar-refractivity contribution in [1.82, 2.24) is 0 Å². The Balaban J connectivity index is 1.40. The van der Waals surface area contributed by atoms with Gasteiger partial charge in [0.25, 0.3) is 0 Å². The van der Waals surface area contributed by atoms with E-state index < -0.39 is 0 Å². The summed E-state index contributed by atoms with van der Waals surface area (Å²) in [5.41, 5.74) is 3.87. The van der Waals surface area contributed by atoms with Gasteiger partial charge in [-0.25, -0.2) is 0 Å². The van der Waals surface area contributed by atoms with Gasteiger partial charge in [0, 0.05) is 19.3 Å². The van der Waals surface area contributed by atoms with Crippen molar-refractivity contribution in [2.24, 2.45) is 0 Å². The molecule has 3 heteroatoms. The second kappa shape index (κ2) is 6.96. The Morgan fingerprint density at radius 3 is 2.21 bits per heavy atom. The minimum atomic E-state index is 1.28. The van der Waals surface area contributed by atoms with Crippen LogP contribution in [-0.4, -0.2) is 0 Å². The lowest BCUT2D eigenvalue weighted by Gasteiger charge is -2.05. The summed E-state index contributed by atoms with van der Waals surface area (Å²) in [6.07, 6.45) is 0. The predicted molar refractivity (Wildman–Crippen MR) is 131 cm³/mol. The van der Waals surface area contributed by atoms with Crippen molar-refractivity contribution < 1.29 is 0 Å². The topological polar surface area (TPSA) is 0 Å². The van der Waals surface area contributed by atoms with Crippen LogP contribution in [0.25, 0.3) is 52.2 Å². The van der Waals surface area contributed by atoms with E-state index in [4.69, 9.17) is 0 Å². The third-order valence-corrected chi connectivity index (χ3v) is 8.41. The van der Waals surface area contributed by atoms with Gasteiger partial charge in [0.05, 0.1) is 0 Å². The van der Waals surface area contributed by atoms with Gasteiger partial charge in [0.15, 0.2) is 0 Å². The summed E-state index contributed by atoms with van der Waals surface area (Å²) < 4.78 is 1.35. The summed E-state index contributed by atoms with van der Waals surface area (Å²) in [4.78, 5) is 4.01. The SMILES string of the molecule is c1csc(-c2ccc3ccc(-c4csc(-c5cc6ccccc6s5)c4)cc3c2)c1. The standard InChI is InChI=1S/C26H16S3/c1-2-5-24-19(4-1)14-26(29-24)25-15-22(16-28-25)18-9-7-17-8-10-20(13-21(17)12-18)23-6-3-11-27-23/h1-16H. The summed E-state index contributed by atoms with van der Waals surface area (Å²) in [6.45, 7) is 0. The zero-order chi connectivity index (χ0) is 19.2. The fourth-order valence-corrected chi connectivity index (χ4v) is 6.54. The molecular weight excluding hydrogens is 408 g/mol. The Labute approximate surface area is 181 Å². The predicted octanol–water partition coefficient (Wildman–Crippen LogP) is 9.18. The Hall–Kier alpha value is -2.72. The average molecular weight is 425 g/mol. The molecule has 0 saturated heterocycles. The van der Waals surface area contributed by atoms with Crippen molar-refractivity contribution in [3.8, 4) is 31.3 Å². The van der Waals surface area contributed by atoms with Crippen LogP contribution in [-0.2, 0) is 0 Å². The minimum Gasteiger partial charge on any atom is -0.144 e. The molecule has 0 radical (unpaired) electrons. The lowest BCUT2D eigenvalue weighted by molar-refractivity contribution is 1.71. The molecule has 0 bridgehead atoms. The smallest absolute Gasteiger partial charge is 0.0455 e. The van der Waals surface area contributed by atoms with Crippen molar-refractivity contribution in [2.45, 2.75) is 0 Å². The second-order valence-electron chi connectivity index (χ2n) is 7.10. The monoisotopic (exact) mass is 424 g/mol. The molecule has 0 unspecified atom stereocenters. The first-order valence-corrected chi connectivity index (χ1v) is 12.1. The first-order valence-electron chi connectivity index (χ1n) is 9.49. The lowest BCUT2D eigenvalue weighted by Crippen LogP contribution is -1.79. The Kier molecular flexibility index (Phi) is 4.12. The molecule has 0 nitrogen and oxygen atoms in total. The molecule has 29 heavy (non-hydrogen) atoms. The third kappa shape index (κ3) is 3.12. The highest BCUT2D eigenvalue weighted by molar-refractivity contribution is 7.25. The van der Waals surface area contributed by atoms with Crippen LogP contribution >= 0.6 is 34.0 Å². The molecule has 6 rings (SSSR count). The maximum atomic E-state index is 2.33. The summed E-state index contributed by atoms with van der Waals surface area (Å²) in [6, 6.07) is 31.1. The van der Waals surface area contributed by atoms with E-state index in [0.29, 0.717) is 0 Å². The molecule has 6 aromatic rings.